The third-order valence-electron chi connectivity index (χ3n) is 5.17. The minimum atomic E-state index is -0.797. The van der Waals surface area contributed by atoms with Gasteiger partial charge in [0.1, 0.15) is 0 Å². The van der Waals surface area contributed by atoms with Gasteiger partial charge in [-0.2, -0.15) is 0 Å². The van der Waals surface area contributed by atoms with Gasteiger partial charge < -0.3 is 10.0 Å². The van der Waals surface area contributed by atoms with Crippen LogP contribution < -0.4 is 0 Å². The molecule has 0 radical (unpaired) electrons. The predicted molar refractivity (Wildman–Crippen MR) is 145 cm³/mol. The van der Waals surface area contributed by atoms with E-state index in [0.717, 1.165) is 27.7 Å². The number of nitrogens with zero attached hydrogens (tertiary/aromatic N) is 2. The lowest BCUT2D eigenvalue weighted by Crippen LogP contribution is -2.21. The molecule has 5 nitrogen and oxygen atoms in total. The molecule has 1 atom stereocenters. The largest absolute Gasteiger partial charge is 0.481 e. The Bertz CT molecular complexity index is 1180. The van der Waals surface area contributed by atoms with Crippen LogP contribution in [-0.2, 0) is 9.59 Å². The van der Waals surface area contributed by atoms with Crippen molar-refractivity contribution in [1.29, 1.82) is 0 Å². The van der Waals surface area contributed by atoms with Crippen LogP contribution in [-0.4, -0.2) is 52.5 Å². The average Bonchev–Trinajstić information content (AvgIpc) is 2.81. The predicted octanol–water partition coefficient (Wildman–Crippen LogP) is 6.13. The number of aromatic nitrogens is 1. The fourth-order valence-corrected chi connectivity index (χ4v) is 5.95. The molecule has 1 unspecified atom stereocenters. The summed E-state index contributed by atoms with van der Waals surface area (Å²) in [6.07, 6.45) is 4.63. The second-order valence-electron chi connectivity index (χ2n) is 8.19. The average molecular weight is 495 g/mol. The van der Waals surface area contributed by atoms with Crippen LogP contribution in [0.15, 0.2) is 54.6 Å². The molecule has 3 rings (SSSR count). The van der Waals surface area contributed by atoms with E-state index in [-0.39, 0.29) is 16.9 Å². The van der Waals surface area contributed by atoms with Crippen molar-refractivity contribution < 1.29 is 14.7 Å². The molecule has 0 spiro atoms. The number of carbonyl (C=O) groups is 2. The summed E-state index contributed by atoms with van der Waals surface area (Å²) in [5.74, 6) is 0.502. The van der Waals surface area contributed by atoms with E-state index in [4.69, 9.17) is 10.1 Å². The van der Waals surface area contributed by atoms with Crippen LogP contribution in [0.1, 0.15) is 39.8 Å². The number of hydrogen-bond acceptors (Lipinski definition) is 5. The van der Waals surface area contributed by atoms with E-state index < -0.39 is 5.97 Å². The highest BCUT2D eigenvalue weighted by Crippen LogP contribution is 2.40. The van der Waals surface area contributed by atoms with Crippen molar-refractivity contribution in [3.63, 3.8) is 0 Å². The Balaban J connectivity index is 1.74. The number of rotatable bonds is 11. The molecular formula is C27H30N2O3S2. The summed E-state index contributed by atoms with van der Waals surface area (Å²) in [6, 6.07) is 18.6. The molecule has 7 heteroatoms. The molecule has 0 fully saturated rings. The van der Waals surface area contributed by atoms with Crippen LogP contribution in [0.3, 0.4) is 0 Å². The van der Waals surface area contributed by atoms with Gasteiger partial charge in [-0.15, -0.1) is 23.5 Å². The summed E-state index contributed by atoms with van der Waals surface area (Å²) >= 11 is 3.29. The van der Waals surface area contributed by atoms with Crippen LogP contribution in [0.25, 0.3) is 23.1 Å². The summed E-state index contributed by atoms with van der Waals surface area (Å²) in [5, 5.41) is 10.1. The van der Waals surface area contributed by atoms with Gasteiger partial charge in [-0.25, -0.2) is 4.98 Å². The number of aryl methyl sites for hydroxylation is 1. The van der Waals surface area contributed by atoms with Gasteiger partial charge in [0.2, 0.25) is 5.91 Å². The first kappa shape index (κ1) is 25.8. The number of aliphatic carboxylic acids is 1. The summed E-state index contributed by atoms with van der Waals surface area (Å²) in [5.41, 5.74) is 5.23. The van der Waals surface area contributed by atoms with Gasteiger partial charge in [0.25, 0.3) is 0 Å². The van der Waals surface area contributed by atoms with Crippen molar-refractivity contribution in [2.45, 2.75) is 24.3 Å². The second kappa shape index (κ2) is 12.6. The normalized spacial score (nSPS) is 12.2. The molecule has 0 saturated heterocycles. The Hall–Kier alpha value is -2.77. The summed E-state index contributed by atoms with van der Waals surface area (Å²) in [7, 11) is 3.51. The fourth-order valence-electron chi connectivity index (χ4n) is 3.30. The summed E-state index contributed by atoms with van der Waals surface area (Å²) < 4.78 is 0.0597. The summed E-state index contributed by atoms with van der Waals surface area (Å²) in [4.78, 5) is 29.3. The van der Waals surface area contributed by atoms with Gasteiger partial charge >= 0.3 is 5.97 Å². The van der Waals surface area contributed by atoms with Crippen LogP contribution in [0.5, 0.6) is 0 Å². The van der Waals surface area contributed by atoms with Crippen molar-refractivity contribution in [1.82, 2.24) is 9.88 Å². The highest BCUT2D eigenvalue weighted by Gasteiger charge is 2.15. The van der Waals surface area contributed by atoms with Crippen LogP contribution in [0.2, 0.25) is 0 Å². The molecule has 2 aromatic carbocycles. The lowest BCUT2D eigenvalue weighted by Gasteiger charge is -2.18. The number of hydrogen-bond donors (Lipinski definition) is 1. The molecule has 1 heterocycles. The molecule has 1 amide bonds. The molecule has 34 heavy (non-hydrogen) atoms. The van der Waals surface area contributed by atoms with E-state index in [0.29, 0.717) is 17.9 Å². The van der Waals surface area contributed by atoms with Crippen LogP contribution >= 0.6 is 23.5 Å². The number of carboxylic acids is 1. The number of carbonyl (C=O) groups excluding carboxylic acids is 1. The van der Waals surface area contributed by atoms with E-state index in [9.17, 15) is 9.59 Å². The highest BCUT2D eigenvalue weighted by molar-refractivity contribution is 8.16. The first-order valence-corrected chi connectivity index (χ1v) is 13.2. The van der Waals surface area contributed by atoms with E-state index in [1.54, 1.807) is 42.5 Å². The number of thioether (sulfide) groups is 2. The maximum atomic E-state index is 12.0. The smallest absolute Gasteiger partial charge is 0.304 e. The first-order chi connectivity index (χ1) is 16.3. The lowest BCUT2D eigenvalue weighted by atomic mass is 10.1. The maximum absolute atomic E-state index is 12.0. The van der Waals surface area contributed by atoms with E-state index >= 15 is 0 Å². The van der Waals surface area contributed by atoms with Crippen LogP contribution in [0.4, 0.5) is 0 Å². The molecule has 0 aliphatic heterocycles. The third kappa shape index (κ3) is 7.92. The number of amides is 1. The number of benzene rings is 2. The zero-order valence-electron chi connectivity index (χ0n) is 19.7. The van der Waals surface area contributed by atoms with Gasteiger partial charge in [-0.3, -0.25) is 9.59 Å². The molecule has 3 aromatic rings. The Kier molecular flexibility index (Phi) is 9.60. The molecule has 0 aliphatic rings. The third-order valence-corrected chi connectivity index (χ3v) is 8.01. The van der Waals surface area contributed by atoms with Crippen molar-refractivity contribution in [2.75, 3.05) is 25.6 Å². The number of fused-ring (bicyclic) bond motifs is 1. The van der Waals surface area contributed by atoms with Crippen molar-refractivity contribution in [2.24, 2.45) is 0 Å². The first-order valence-electron chi connectivity index (χ1n) is 11.1. The molecule has 0 aliphatic carbocycles. The standard InChI is InChI=1S/C27H30N2O3S2/c1-19-7-9-21-10-12-23(28-24(21)17-19)11-8-20-5-4-6-22(18-20)27(34-16-14-26(31)32)33-15-13-25(30)29(2)3/h4-12,17-18,27H,13-16H2,1-3H3,(H,31,32)/b11-8+. The quantitative estimate of drug-likeness (QED) is 0.323. The maximum Gasteiger partial charge on any atom is 0.304 e. The SMILES string of the molecule is Cc1ccc2ccc(/C=C/c3cccc(C(SCCC(=O)O)SCCC(=O)N(C)C)c3)nc2c1. The monoisotopic (exact) mass is 494 g/mol. The van der Waals surface area contributed by atoms with Crippen molar-refractivity contribution >= 4 is 58.5 Å². The fraction of sp³-hybridized carbons (Fsp3) is 0.296. The molecule has 0 bridgehead atoms. The topological polar surface area (TPSA) is 70.5 Å². The van der Waals surface area contributed by atoms with Crippen molar-refractivity contribution in [3.8, 4) is 0 Å². The van der Waals surface area contributed by atoms with Crippen molar-refractivity contribution in [3.05, 3.63) is 77.0 Å². The molecule has 178 valence electrons. The lowest BCUT2D eigenvalue weighted by molar-refractivity contribution is -0.136. The van der Waals surface area contributed by atoms with Gasteiger partial charge in [-0.1, -0.05) is 42.5 Å². The highest BCUT2D eigenvalue weighted by atomic mass is 32.2. The van der Waals surface area contributed by atoms with Gasteiger partial charge in [0.05, 0.1) is 22.2 Å². The van der Waals surface area contributed by atoms with E-state index in [2.05, 4.69) is 43.3 Å². The molecular weight excluding hydrogens is 464 g/mol. The number of carboxylic acid groups (broad SMARTS) is 1. The minimum Gasteiger partial charge on any atom is -0.481 e. The van der Waals surface area contributed by atoms with Gasteiger partial charge in [0.15, 0.2) is 0 Å². The Morgan fingerprint density at radius 3 is 2.47 bits per heavy atom. The Labute approximate surface area is 209 Å². The molecule has 0 saturated carbocycles. The number of pyridine rings is 1. The van der Waals surface area contributed by atoms with Gasteiger partial charge in [-0.05, 0) is 47.9 Å². The molecule has 1 N–H and O–H groups in total. The van der Waals surface area contributed by atoms with Gasteiger partial charge in [0, 0.05) is 37.4 Å². The van der Waals surface area contributed by atoms with E-state index in [1.807, 2.05) is 30.4 Å². The van der Waals surface area contributed by atoms with Crippen LogP contribution in [0, 0.1) is 6.92 Å². The molecule has 1 aromatic heterocycles. The minimum absolute atomic E-state index is 0.0597. The van der Waals surface area contributed by atoms with E-state index in [1.165, 1.54) is 5.56 Å². The second-order valence-corrected chi connectivity index (χ2v) is 10.9. The Morgan fingerprint density at radius 2 is 1.74 bits per heavy atom. The zero-order valence-corrected chi connectivity index (χ0v) is 21.4. The summed E-state index contributed by atoms with van der Waals surface area (Å²) in [6.45, 7) is 2.06. The zero-order chi connectivity index (χ0) is 24.5. The Morgan fingerprint density at radius 1 is 1.00 bits per heavy atom.